The number of benzene rings is 3. The molecular weight excluding hydrogens is 474 g/mol. The Morgan fingerprint density at radius 2 is 1.55 bits per heavy atom. The Hall–Kier alpha value is -3.31. The van der Waals surface area contributed by atoms with Crippen LogP contribution in [-0.4, -0.2) is 38.2 Å². The van der Waals surface area contributed by atoms with Gasteiger partial charge in [-0.2, -0.15) is 0 Å². The van der Waals surface area contributed by atoms with Crippen LogP contribution in [0.15, 0.2) is 60.7 Å². The lowest BCUT2D eigenvalue weighted by molar-refractivity contribution is -0.148. The average molecular weight is 516 g/mol. The van der Waals surface area contributed by atoms with E-state index in [1.165, 1.54) is 34.9 Å². The summed E-state index contributed by atoms with van der Waals surface area (Å²) in [6.45, 7) is 9.38. The van der Waals surface area contributed by atoms with Crippen molar-refractivity contribution in [2.24, 2.45) is 5.92 Å². The molecule has 5 nitrogen and oxygen atoms in total. The van der Waals surface area contributed by atoms with Crippen molar-refractivity contribution in [3.63, 3.8) is 0 Å². The molecule has 4 rings (SSSR count). The van der Waals surface area contributed by atoms with Crippen LogP contribution in [0.5, 0.6) is 11.5 Å². The highest BCUT2D eigenvalue weighted by Gasteiger charge is 2.47. The predicted molar refractivity (Wildman–Crippen MR) is 152 cm³/mol. The number of rotatable bonds is 9. The van der Waals surface area contributed by atoms with Crippen molar-refractivity contribution in [2.45, 2.75) is 65.1 Å². The molecule has 3 aromatic carbocycles. The Morgan fingerprint density at radius 3 is 2.16 bits per heavy atom. The van der Waals surface area contributed by atoms with Crippen molar-refractivity contribution in [3.05, 3.63) is 94.0 Å². The molecule has 0 aliphatic heterocycles. The van der Waals surface area contributed by atoms with Gasteiger partial charge < -0.3 is 14.2 Å². The number of hydrogen-bond donors (Lipinski definition) is 0. The maximum atomic E-state index is 13.5. The molecule has 38 heavy (non-hydrogen) atoms. The fraction of sp³-hybridized carbons (Fsp3) is 0.424. The fourth-order valence-electron chi connectivity index (χ4n) is 6.56. The highest BCUT2D eigenvalue weighted by Crippen LogP contribution is 2.47. The minimum Gasteiger partial charge on any atom is -0.493 e. The van der Waals surface area contributed by atoms with E-state index in [0.717, 1.165) is 18.4 Å². The highest BCUT2D eigenvalue weighted by atomic mass is 16.5. The van der Waals surface area contributed by atoms with Crippen LogP contribution >= 0.6 is 0 Å². The zero-order valence-electron chi connectivity index (χ0n) is 23.8. The smallest absolute Gasteiger partial charge is 0.310 e. The lowest BCUT2D eigenvalue weighted by Gasteiger charge is -2.38. The molecule has 1 saturated carbocycles. The summed E-state index contributed by atoms with van der Waals surface area (Å²) in [4.78, 5) is 16.0. The third-order valence-electron chi connectivity index (χ3n) is 8.22. The zero-order chi connectivity index (χ0) is 27.4. The summed E-state index contributed by atoms with van der Waals surface area (Å²) in [6.07, 6.45) is 1.86. The van der Waals surface area contributed by atoms with Crippen LogP contribution in [0, 0.1) is 26.7 Å². The first-order valence-corrected chi connectivity index (χ1v) is 13.5. The Morgan fingerprint density at radius 1 is 0.895 bits per heavy atom. The average Bonchev–Trinajstić information content (AvgIpc) is 3.34. The van der Waals surface area contributed by atoms with Gasteiger partial charge in [-0.25, -0.2) is 0 Å². The summed E-state index contributed by atoms with van der Waals surface area (Å²) in [5, 5.41) is 0. The summed E-state index contributed by atoms with van der Waals surface area (Å²) in [6, 6.07) is 21.2. The quantitative estimate of drug-likeness (QED) is 0.289. The monoisotopic (exact) mass is 515 g/mol. The van der Waals surface area contributed by atoms with Crippen LogP contribution < -0.4 is 9.47 Å². The van der Waals surface area contributed by atoms with Gasteiger partial charge in [0.05, 0.1) is 27.2 Å². The number of carbonyl (C=O) groups excluding carboxylic acids is 1. The van der Waals surface area contributed by atoms with Gasteiger partial charge in [0, 0.05) is 18.6 Å². The molecular formula is C33H41NO4. The molecule has 1 aliphatic rings. The van der Waals surface area contributed by atoms with Crippen molar-refractivity contribution in [1.29, 1.82) is 0 Å². The van der Waals surface area contributed by atoms with Gasteiger partial charge in [-0.1, -0.05) is 54.1 Å². The second-order valence-corrected chi connectivity index (χ2v) is 10.6. The molecule has 0 heterocycles. The van der Waals surface area contributed by atoms with Crippen LogP contribution in [-0.2, 0) is 16.1 Å². The normalized spacial score (nSPS) is 19.8. The molecule has 0 radical (unpaired) electrons. The van der Waals surface area contributed by atoms with Crippen LogP contribution in [0.3, 0.4) is 0 Å². The van der Waals surface area contributed by atoms with E-state index in [4.69, 9.17) is 14.2 Å². The molecule has 1 fully saturated rings. The summed E-state index contributed by atoms with van der Waals surface area (Å²) < 4.78 is 16.5. The number of nitrogens with zero attached hydrogens (tertiary/aromatic N) is 1. The zero-order valence-corrected chi connectivity index (χ0v) is 23.8. The van der Waals surface area contributed by atoms with Gasteiger partial charge in [0.25, 0.3) is 0 Å². The van der Waals surface area contributed by atoms with Crippen molar-refractivity contribution < 1.29 is 19.0 Å². The lowest BCUT2D eigenvalue weighted by atomic mass is 9.81. The molecule has 0 spiro atoms. The molecule has 0 aromatic heterocycles. The van der Waals surface area contributed by atoms with Gasteiger partial charge in [0.2, 0.25) is 0 Å². The maximum absolute atomic E-state index is 13.5. The van der Waals surface area contributed by atoms with E-state index in [2.05, 4.69) is 75.1 Å². The van der Waals surface area contributed by atoms with Gasteiger partial charge in [0.15, 0.2) is 11.5 Å². The number of hydrogen-bond acceptors (Lipinski definition) is 5. The van der Waals surface area contributed by atoms with Crippen LogP contribution in [0.2, 0.25) is 0 Å². The number of esters is 1. The van der Waals surface area contributed by atoms with Crippen molar-refractivity contribution in [1.82, 2.24) is 4.90 Å². The van der Waals surface area contributed by atoms with Crippen LogP contribution in [0.4, 0.5) is 0 Å². The van der Waals surface area contributed by atoms with E-state index in [9.17, 15) is 4.79 Å². The Kier molecular flexibility index (Phi) is 8.78. The van der Waals surface area contributed by atoms with Gasteiger partial charge in [-0.3, -0.25) is 9.69 Å². The van der Waals surface area contributed by atoms with Gasteiger partial charge in [0.1, 0.15) is 0 Å². The SMILES string of the molecule is COC(=O)[C@@H]1[C@H](N(Cc2ccc(OC)c(OC)c2)[C@@H](C)c2ccccc2)CC[C@H]1c1c(C)cc(C)cc1C. The molecule has 0 bridgehead atoms. The minimum atomic E-state index is -0.258. The van der Waals surface area contributed by atoms with Gasteiger partial charge >= 0.3 is 5.97 Å². The lowest BCUT2D eigenvalue weighted by Crippen LogP contribution is -2.43. The number of methoxy groups -OCH3 is 3. The van der Waals surface area contributed by atoms with E-state index < -0.39 is 0 Å². The van der Waals surface area contributed by atoms with Crippen molar-refractivity contribution >= 4 is 5.97 Å². The molecule has 0 amide bonds. The standard InChI is InChI=1S/C33H41NO4/c1-21-17-22(2)31(23(3)18-21)27-14-15-28(32(27)33(35)38-7)34(24(4)26-11-9-8-10-12-26)20-25-13-16-29(36-5)30(19-25)37-6/h8-13,16-19,24,27-28,32H,14-15,20H2,1-7H3/t24-,27-,28+,32-/m0/s1. The molecule has 1 aliphatic carbocycles. The topological polar surface area (TPSA) is 48.0 Å². The van der Waals surface area contributed by atoms with Gasteiger partial charge in [-0.15, -0.1) is 0 Å². The Balaban J connectivity index is 1.78. The highest BCUT2D eigenvalue weighted by molar-refractivity contribution is 5.75. The second kappa shape index (κ2) is 12.0. The second-order valence-electron chi connectivity index (χ2n) is 10.6. The molecule has 5 heteroatoms. The molecule has 4 atom stereocenters. The third kappa shape index (κ3) is 5.58. The predicted octanol–water partition coefficient (Wildman–Crippen LogP) is 6.93. The summed E-state index contributed by atoms with van der Waals surface area (Å²) in [5.74, 6) is 1.14. The fourth-order valence-corrected chi connectivity index (χ4v) is 6.56. The minimum absolute atomic E-state index is 0.0239. The van der Waals surface area contributed by atoms with E-state index >= 15 is 0 Å². The number of ether oxygens (including phenoxy) is 3. The third-order valence-corrected chi connectivity index (χ3v) is 8.22. The molecule has 0 unspecified atom stereocenters. The first-order chi connectivity index (χ1) is 18.3. The Labute approximate surface area is 227 Å². The molecule has 202 valence electrons. The van der Waals surface area contributed by atoms with E-state index in [-0.39, 0.29) is 29.9 Å². The summed E-state index contributed by atoms with van der Waals surface area (Å²) in [7, 11) is 4.83. The number of aryl methyl sites for hydroxylation is 3. The molecule has 0 saturated heterocycles. The molecule has 0 N–H and O–H groups in total. The van der Waals surface area contributed by atoms with Crippen LogP contribution in [0.1, 0.15) is 65.1 Å². The number of carbonyl (C=O) groups is 1. The first-order valence-electron chi connectivity index (χ1n) is 13.5. The van der Waals surface area contributed by atoms with Crippen molar-refractivity contribution in [2.75, 3.05) is 21.3 Å². The first kappa shape index (κ1) is 27.7. The van der Waals surface area contributed by atoms with E-state index in [1.54, 1.807) is 14.2 Å². The summed E-state index contributed by atoms with van der Waals surface area (Å²) >= 11 is 0. The van der Waals surface area contributed by atoms with Gasteiger partial charge in [-0.05, 0) is 86.4 Å². The van der Waals surface area contributed by atoms with E-state index in [1.807, 2.05) is 18.2 Å². The van der Waals surface area contributed by atoms with E-state index in [0.29, 0.717) is 18.0 Å². The van der Waals surface area contributed by atoms with Crippen molar-refractivity contribution in [3.8, 4) is 11.5 Å². The Bertz CT molecular complexity index is 1230. The molecule has 3 aromatic rings. The van der Waals surface area contributed by atoms with Crippen LogP contribution in [0.25, 0.3) is 0 Å². The summed E-state index contributed by atoms with van der Waals surface area (Å²) in [5.41, 5.74) is 7.39. The largest absolute Gasteiger partial charge is 0.493 e. The maximum Gasteiger partial charge on any atom is 0.310 e.